The Hall–Kier alpha value is -3.12. The van der Waals surface area contributed by atoms with Gasteiger partial charge in [0, 0.05) is 36.1 Å². The molecule has 160 valence electrons. The number of nitrogens with zero attached hydrogens (tertiary/aromatic N) is 2. The number of methoxy groups -OCH3 is 1. The Bertz CT molecular complexity index is 1220. The maximum atomic E-state index is 12.7. The second-order valence-electron chi connectivity index (χ2n) is 7.58. The molecule has 0 aliphatic rings. The van der Waals surface area contributed by atoms with Crippen molar-refractivity contribution in [3.63, 3.8) is 0 Å². The van der Waals surface area contributed by atoms with Crippen molar-refractivity contribution < 1.29 is 9.53 Å². The number of rotatable bonds is 8. The molecule has 2 aromatic carbocycles. The van der Waals surface area contributed by atoms with Crippen LogP contribution in [0, 0.1) is 6.92 Å². The van der Waals surface area contributed by atoms with E-state index in [4.69, 9.17) is 9.72 Å². The molecule has 1 amide bonds. The first-order valence-electron chi connectivity index (χ1n) is 10.6. The largest absolute Gasteiger partial charge is 0.497 e. The number of pyridine rings is 1. The van der Waals surface area contributed by atoms with Crippen LogP contribution in [0.15, 0.2) is 54.6 Å². The van der Waals surface area contributed by atoms with E-state index in [1.165, 1.54) is 22.6 Å². The van der Waals surface area contributed by atoms with Crippen molar-refractivity contribution in [3.05, 3.63) is 65.0 Å². The molecule has 0 bridgehead atoms. The van der Waals surface area contributed by atoms with E-state index in [9.17, 15) is 4.79 Å². The third-order valence-corrected chi connectivity index (χ3v) is 6.41. The minimum atomic E-state index is -0.0387. The zero-order valence-electron chi connectivity index (χ0n) is 18.1. The van der Waals surface area contributed by atoms with E-state index in [2.05, 4.69) is 54.4 Å². The minimum absolute atomic E-state index is 0.0387. The van der Waals surface area contributed by atoms with Gasteiger partial charge in [-0.2, -0.15) is 0 Å². The molecule has 0 aliphatic carbocycles. The number of carbonyl (C=O) groups is 1. The van der Waals surface area contributed by atoms with Crippen LogP contribution < -0.4 is 15.0 Å². The van der Waals surface area contributed by atoms with Crippen LogP contribution in [0.25, 0.3) is 21.1 Å². The molecule has 0 radical (unpaired) electrons. The Morgan fingerprint density at radius 1 is 1.13 bits per heavy atom. The van der Waals surface area contributed by atoms with Crippen molar-refractivity contribution in [1.29, 1.82) is 0 Å². The molecule has 0 atom stereocenters. The minimum Gasteiger partial charge on any atom is -0.497 e. The molecule has 0 unspecified atom stereocenters. The lowest BCUT2D eigenvalue weighted by molar-refractivity contribution is 0.0957. The van der Waals surface area contributed by atoms with Gasteiger partial charge in [-0.15, -0.1) is 11.3 Å². The Balaban J connectivity index is 1.38. The van der Waals surface area contributed by atoms with Crippen LogP contribution >= 0.6 is 11.3 Å². The van der Waals surface area contributed by atoms with Crippen LogP contribution in [-0.2, 0) is 0 Å². The first-order valence-corrected chi connectivity index (χ1v) is 11.4. The number of fused-ring (bicyclic) bond motifs is 2. The second kappa shape index (κ2) is 9.35. The van der Waals surface area contributed by atoms with Crippen molar-refractivity contribution in [3.8, 4) is 5.75 Å². The van der Waals surface area contributed by atoms with E-state index < -0.39 is 0 Å². The van der Waals surface area contributed by atoms with Gasteiger partial charge in [-0.25, -0.2) is 4.98 Å². The van der Waals surface area contributed by atoms with Crippen LogP contribution in [0.1, 0.15) is 28.6 Å². The van der Waals surface area contributed by atoms with Gasteiger partial charge in [-0.1, -0.05) is 12.1 Å². The first kappa shape index (κ1) is 21.1. The molecule has 2 aromatic heterocycles. The third-order valence-electron chi connectivity index (χ3n) is 5.37. The van der Waals surface area contributed by atoms with Crippen LogP contribution in [0.5, 0.6) is 5.75 Å². The maximum Gasteiger partial charge on any atom is 0.261 e. The van der Waals surface area contributed by atoms with Gasteiger partial charge in [0.25, 0.3) is 5.91 Å². The highest BCUT2D eigenvalue weighted by Crippen LogP contribution is 2.29. The molecule has 4 rings (SSSR count). The standard InChI is InChI=1S/C25H27N3O2S/c1-4-28(20-8-5-7-17(2)13-20)12-6-11-26-24(29)23-16-19-14-18-15-21(30-3)9-10-22(18)27-25(19)31-23/h5,7-10,13-16H,4,6,11-12H2,1-3H3,(H,26,29). The third kappa shape index (κ3) is 4.80. The Labute approximate surface area is 186 Å². The van der Waals surface area contributed by atoms with Gasteiger partial charge in [-0.3, -0.25) is 4.79 Å². The lowest BCUT2D eigenvalue weighted by Gasteiger charge is -2.23. The molecule has 2 heterocycles. The predicted molar refractivity (Wildman–Crippen MR) is 130 cm³/mol. The number of benzene rings is 2. The number of thiophene rings is 1. The van der Waals surface area contributed by atoms with Crippen LogP contribution in [0.2, 0.25) is 0 Å². The fourth-order valence-corrected chi connectivity index (χ4v) is 4.64. The van der Waals surface area contributed by atoms with Gasteiger partial charge < -0.3 is 15.0 Å². The first-order chi connectivity index (χ1) is 15.1. The molecule has 4 aromatic rings. The molecule has 6 heteroatoms. The lowest BCUT2D eigenvalue weighted by atomic mass is 10.2. The summed E-state index contributed by atoms with van der Waals surface area (Å²) in [6.45, 7) is 6.75. The smallest absolute Gasteiger partial charge is 0.261 e. The molecule has 5 nitrogen and oxygen atoms in total. The average molecular weight is 434 g/mol. The van der Waals surface area contributed by atoms with Gasteiger partial charge >= 0.3 is 0 Å². The molecular weight excluding hydrogens is 406 g/mol. The van der Waals surface area contributed by atoms with Gasteiger partial charge in [0.2, 0.25) is 0 Å². The number of nitrogens with one attached hydrogen (secondary N) is 1. The van der Waals surface area contributed by atoms with E-state index in [0.29, 0.717) is 11.4 Å². The lowest BCUT2D eigenvalue weighted by Crippen LogP contribution is -2.29. The number of aryl methyl sites for hydroxylation is 1. The van der Waals surface area contributed by atoms with Crippen molar-refractivity contribution in [2.75, 3.05) is 31.6 Å². The van der Waals surface area contributed by atoms with E-state index >= 15 is 0 Å². The molecule has 31 heavy (non-hydrogen) atoms. The summed E-state index contributed by atoms with van der Waals surface area (Å²) in [6, 6.07) is 18.3. The number of hydrogen-bond acceptors (Lipinski definition) is 5. The van der Waals surface area contributed by atoms with Crippen LogP contribution in [0.4, 0.5) is 5.69 Å². The van der Waals surface area contributed by atoms with Crippen LogP contribution in [-0.4, -0.2) is 37.6 Å². The Morgan fingerprint density at radius 3 is 2.77 bits per heavy atom. The summed E-state index contributed by atoms with van der Waals surface area (Å²) < 4.78 is 5.30. The van der Waals surface area contributed by atoms with E-state index in [-0.39, 0.29) is 5.91 Å². The molecule has 0 aliphatic heterocycles. The fraction of sp³-hybridized carbons (Fsp3) is 0.280. The van der Waals surface area contributed by atoms with Gasteiger partial charge in [0.15, 0.2) is 0 Å². The predicted octanol–water partition coefficient (Wildman–Crippen LogP) is 5.41. The Kier molecular flexibility index (Phi) is 6.37. The monoisotopic (exact) mass is 433 g/mol. The summed E-state index contributed by atoms with van der Waals surface area (Å²) in [6.07, 6.45) is 0.889. The van der Waals surface area contributed by atoms with Gasteiger partial charge in [0.1, 0.15) is 10.6 Å². The number of aromatic nitrogens is 1. The highest BCUT2D eigenvalue weighted by molar-refractivity contribution is 7.20. The SMILES string of the molecule is CCN(CCCNC(=O)c1cc2cc3cc(OC)ccc3nc2s1)c1cccc(C)c1. The average Bonchev–Trinajstić information content (AvgIpc) is 3.20. The molecule has 0 saturated carbocycles. The quantitative estimate of drug-likeness (QED) is 0.377. The Morgan fingerprint density at radius 2 is 2.00 bits per heavy atom. The molecule has 0 fully saturated rings. The molecular formula is C25H27N3O2S. The van der Waals surface area contributed by atoms with Crippen molar-refractivity contribution in [1.82, 2.24) is 10.3 Å². The van der Waals surface area contributed by atoms with E-state index in [1.807, 2.05) is 24.3 Å². The number of carbonyl (C=O) groups excluding carboxylic acids is 1. The maximum absolute atomic E-state index is 12.7. The van der Waals surface area contributed by atoms with Gasteiger partial charge in [-0.05, 0) is 68.3 Å². The van der Waals surface area contributed by atoms with Crippen molar-refractivity contribution >= 4 is 44.1 Å². The van der Waals surface area contributed by atoms with E-state index in [1.54, 1.807) is 7.11 Å². The summed E-state index contributed by atoms with van der Waals surface area (Å²) in [7, 11) is 1.65. The zero-order chi connectivity index (χ0) is 21.8. The van der Waals surface area contributed by atoms with E-state index in [0.717, 1.165) is 46.4 Å². The number of anilines is 1. The molecule has 1 N–H and O–H groups in total. The van der Waals surface area contributed by atoms with Gasteiger partial charge in [0.05, 0.1) is 17.5 Å². The topological polar surface area (TPSA) is 54.5 Å². The summed E-state index contributed by atoms with van der Waals surface area (Å²) in [5, 5.41) is 5.05. The number of ether oxygens (including phenoxy) is 1. The normalized spacial score (nSPS) is 11.1. The number of hydrogen-bond donors (Lipinski definition) is 1. The highest BCUT2D eigenvalue weighted by Gasteiger charge is 2.12. The zero-order valence-corrected chi connectivity index (χ0v) is 19.0. The second-order valence-corrected chi connectivity index (χ2v) is 8.61. The molecule has 0 saturated heterocycles. The number of amides is 1. The highest BCUT2D eigenvalue weighted by atomic mass is 32.1. The molecule has 0 spiro atoms. The van der Waals surface area contributed by atoms with Crippen LogP contribution in [0.3, 0.4) is 0 Å². The summed E-state index contributed by atoms with van der Waals surface area (Å²) in [5.41, 5.74) is 3.39. The summed E-state index contributed by atoms with van der Waals surface area (Å²) in [4.78, 5) is 21.3. The van der Waals surface area contributed by atoms with Crippen molar-refractivity contribution in [2.45, 2.75) is 20.3 Å². The summed E-state index contributed by atoms with van der Waals surface area (Å²) >= 11 is 1.43. The summed E-state index contributed by atoms with van der Waals surface area (Å²) in [5.74, 6) is 0.761. The van der Waals surface area contributed by atoms with Crippen molar-refractivity contribution in [2.24, 2.45) is 0 Å². The fourth-order valence-electron chi connectivity index (χ4n) is 3.71.